The van der Waals surface area contributed by atoms with E-state index < -0.39 is 16.4 Å². The molecule has 6 nitrogen and oxygen atoms in total. The molecule has 1 rings (SSSR count). The van der Waals surface area contributed by atoms with E-state index in [2.05, 4.69) is 0 Å². The summed E-state index contributed by atoms with van der Waals surface area (Å²) in [5.74, 6) is -0.620. The standard InChI is InChI=1S/C10H6N2O4/c1-6(14)10-8(5-13)7(4-11)2-3-9(10)12(15)16/h2-3,5H,1H3. The van der Waals surface area contributed by atoms with E-state index in [0.29, 0.717) is 0 Å². The molecular weight excluding hydrogens is 212 g/mol. The fourth-order valence-corrected chi connectivity index (χ4v) is 1.35. The zero-order valence-corrected chi connectivity index (χ0v) is 8.26. The van der Waals surface area contributed by atoms with Gasteiger partial charge in [-0.2, -0.15) is 5.26 Å². The summed E-state index contributed by atoms with van der Waals surface area (Å²) in [5.41, 5.74) is -1.07. The highest BCUT2D eigenvalue weighted by Crippen LogP contribution is 2.24. The van der Waals surface area contributed by atoms with E-state index in [4.69, 9.17) is 5.26 Å². The number of hydrogen-bond donors (Lipinski definition) is 0. The van der Waals surface area contributed by atoms with E-state index in [0.717, 1.165) is 19.1 Å². The maximum Gasteiger partial charge on any atom is 0.280 e. The quantitative estimate of drug-likeness (QED) is 0.331. The first-order valence-electron chi connectivity index (χ1n) is 4.20. The number of nitrogens with zero attached hydrogens (tertiary/aromatic N) is 2. The number of rotatable bonds is 3. The number of Topliss-reactive ketones (excluding diaryl/α,β-unsaturated/α-hetero) is 1. The van der Waals surface area contributed by atoms with Gasteiger partial charge in [0.05, 0.1) is 16.6 Å². The molecule has 0 N–H and O–H groups in total. The van der Waals surface area contributed by atoms with Gasteiger partial charge in [0.2, 0.25) is 0 Å². The minimum Gasteiger partial charge on any atom is -0.298 e. The molecule has 80 valence electrons. The van der Waals surface area contributed by atoms with Crippen molar-refractivity contribution in [3.05, 3.63) is 38.9 Å². The monoisotopic (exact) mass is 218 g/mol. The molecule has 1 aromatic rings. The van der Waals surface area contributed by atoms with E-state index in [9.17, 15) is 19.7 Å². The van der Waals surface area contributed by atoms with Gasteiger partial charge in [-0.25, -0.2) is 0 Å². The van der Waals surface area contributed by atoms with Gasteiger partial charge in [0, 0.05) is 11.6 Å². The lowest BCUT2D eigenvalue weighted by Gasteiger charge is -2.03. The van der Waals surface area contributed by atoms with Crippen LogP contribution in [0, 0.1) is 21.4 Å². The Balaban J connectivity index is 3.72. The maximum absolute atomic E-state index is 11.2. The highest BCUT2D eigenvalue weighted by Gasteiger charge is 2.23. The van der Waals surface area contributed by atoms with E-state index >= 15 is 0 Å². The highest BCUT2D eigenvalue weighted by molar-refractivity contribution is 6.06. The van der Waals surface area contributed by atoms with Crippen molar-refractivity contribution in [3.63, 3.8) is 0 Å². The van der Waals surface area contributed by atoms with Crippen LogP contribution in [0.15, 0.2) is 12.1 Å². The Kier molecular flexibility index (Phi) is 3.11. The highest BCUT2D eigenvalue weighted by atomic mass is 16.6. The second-order valence-electron chi connectivity index (χ2n) is 2.96. The van der Waals surface area contributed by atoms with Crippen LogP contribution in [0.4, 0.5) is 5.69 Å². The number of nitriles is 1. The molecule has 0 atom stereocenters. The number of benzene rings is 1. The predicted octanol–water partition coefficient (Wildman–Crippen LogP) is 1.48. The van der Waals surface area contributed by atoms with Crippen LogP contribution in [0.1, 0.15) is 33.2 Å². The van der Waals surface area contributed by atoms with Crippen LogP contribution < -0.4 is 0 Å². The molecule has 6 heteroatoms. The molecule has 16 heavy (non-hydrogen) atoms. The van der Waals surface area contributed by atoms with E-state index in [1.165, 1.54) is 0 Å². The van der Waals surface area contributed by atoms with Crippen molar-refractivity contribution >= 4 is 17.8 Å². The van der Waals surface area contributed by atoms with Gasteiger partial charge in [0.25, 0.3) is 5.69 Å². The SMILES string of the molecule is CC(=O)c1c([N+](=O)[O-])ccc(C#N)c1C=O. The largest absolute Gasteiger partial charge is 0.298 e. The average molecular weight is 218 g/mol. The molecule has 0 aliphatic carbocycles. The van der Waals surface area contributed by atoms with Gasteiger partial charge in [0.15, 0.2) is 12.1 Å². The van der Waals surface area contributed by atoms with Crippen LogP contribution in [0.25, 0.3) is 0 Å². The lowest BCUT2D eigenvalue weighted by molar-refractivity contribution is -0.385. The number of carbonyl (C=O) groups is 2. The molecule has 0 fully saturated rings. The zero-order valence-electron chi connectivity index (χ0n) is 8.26. The summed E-state index contributed by atoms with van der Waals surface area (Å²) in [6, 6.07) is 3.89. The second kappa shape index (κ2) is 4.31. The van der Waals surface area contributed by atoms with Crippen LogP contribution in [0.2, 0.25) is 0 Å². The second-order valence-corrected chi connectivity index (χ2v) is 2.96. The van der Waals surface area contributed by atoms with Gasteiger partial charge in [-0.1, -0.05) is 0 Å². The summed E-state index contributed by atoms with van der Waals surface area (Å²) in [5, 5.41) is 19.3. The summed E-state index contributed by atoms with van der Waals surface area (Å²) in [7, 11) is 0. The number of aldehydes is 1. The van der Waals surface area contributed by atoms with Crippen LogP contribution >= 0.6 is 0 Å². The third-order valence-electron chi connectivity index (χ3n) is 2.01. The fourth-order valence-electron chi connectivity index (χ4n) is 1.35. The molecule has 0 amide bonds. The molecule has 0 saturated carbocycles. The topological polar surface area (TPSA) is 101 Å². The first-order valence-corrected chi connectivity index (χ1v) is 4.20. The molecule has 0 heterocycles. The molecule has 0 unspecified atom stereocenters. The fraction of sp³-hybridized carbons (Fsp3) is 0.100. The zero-order chi connectivity index (χ0) is 12.3. The normalized spacial score (nSPS) is 9.25. The molecule has 0 spiro atoms. The van der Waals surface area contributed by atoms with Gasteiger partial charge >= 0.3 is 0 Å². The Hall–Kier alpha value is -2.55. The van der Waals surface area contributed by atoms with Gasteiger partial charge in [-0.3, -0.25) is 19.7 Å². The van der Waals surface area contributed by atoms with Crippen molar-refractivity contribution in [2.75, 3.05) is 0 Å². The number of nitro groups is 1. The van der Waals surface area contributed by atoms with Crippen molar-refractivity contribution in [1.82, 2.24) is 0 Å². The third kappa shape index (κ3) is 1.79. The van der Waals surface area contributed by atoms with E-state index in [1.54, 1.807) is 6.07 Å². The average Bonchev–Trinajstić information content (AvgIpc) is 2.26. The van der Waals surface area contributed by atoms with Crippen molar-refractivity contribution in [1.29, 1.82) is 5.26 Å². The molecule has 0 aromatic heterocycles. The Bertz CT molecular complexity index is 528. The van der Waals surface area contributed by atoms with Crippen LogP contribution in [0.5, 0.6) is 0 Å². The number of hydrogen-bond acceptors (Lipinski definition) is 5. The van der Waals surface area contributed by atoms with Gasteiger partial charge in [-0.15, -0.1) is 0 Å². The maximum atomic E-state index is 11.2. The molecule has 0 aliphatic heterocycles. The lowest BCUT2D eigenvalue weighted by atomic mass is 9.98. The molecule has 0 bridgehead atoms. The van der Waals surface area contributed by atoms with E-state index in [-0.39, 0.29) is 23.0 Å². The summed E-state index contributed by atoms with van der Waals surface area (Å²) in [4.78, 5) is 31.9. The third-order valence-corrected chi connectivity index (χ3v) is 2.01. The summed E-state index contributed by atoms with van der Waals surface area (Å²) in [6.07, 6.45) is 0.280. The predicted molar refractivity (Wildman–Crippen MR) is 53.2 cm³/mol. The minimum absolute atomic E-state index is 0.0502. The van der Waals surface area contributed by atoms with E-state index in [1.807, 2.05) is 0 Å². The molecule has 0 radical (unpaired) electrons. The molecule has 1 aromatic carbocycles. The summed E-state index contributed by atoms with van der Waals surface area (Å²) in [6.45, 7) is 1.11. The minimum atomic E-state index is -0.759. The Labute approximate surface area is 90.3 Å². The van der Waals surface area contributed by atoms with Crippen LogP contribution in [-0.2, 0) is 0 Å². The first-order chi connectivity index (χ1) is 7.52. The Morgan fingerprint density at radius 1 is 1.56 bits per heavy atom. The van der Waals surface area contributed by atoms with Crippen LogP contribution in [-0.4, -0.2) is 17.0 Å². The number of carbonyl (C=O) groups excluding carboxylic acids is 2. The Morgan fingerprint density at radius 2 is 2.19 bits per heavy atom. The first kappa shape index (κ1) is 11.5. The number of nitro benzene ring substituents is 1. The molecular formula is C10H6N2O4. The number of ketones is 1. The van der Waals surface area contributed by atoms with Crippen molar-refractivity contribution in [2.45, 2.75) is 6.92 Å². The van der Waals surface area contributed by atoms with Gasteiger partial charge in [0.1, 0.15) is 5.56 Å². The lowest BCUT2D eigenvalue weighted by Crippen LogP contribution is -2.06. The summed E-state index contributed by atoms with van der Waals surface area (Å²) >= 11 is 0. The van der Waals surface area contributed by atoms with Gasteiger partial charge < -0.3 is 0 Å². The van der Waals surface area contributed by atoms with Crippen molar-refractivity contribution < 1.29 is 14.5 Å². The van der Waals surface area contributed by atoms with Crippen LogP contribution in [0.3, 0.4) is 0 Å². The van der Waals surface area contributed by atoms with Crippen molar-refractivity contribution in [3.8, 4) is 6.07 Å². The molecule has 0 aliphatic rings. The summed E-state index contributed by atoms with van der Waals surface area (Å²) < 4.78 is 0. The van der Waals surface area contributed by atoms with Crippen molar-refractivity contribution in [2.24, 2.45) is 0 Å². The molecule has 0 saturated heterocycles. The Morgan fingerprint density at radius 3 is 2.56 bits per heavy atom. The smallest absolute Gasteiger partial charge is 0.280 e. The van der Waals surface area contributed by atoms with Gasteiger partial charge in [-0.05, 0) is 13.0 Å².